The lowest BCUT2D eigenvalue weighted by Gasteiger charge is -2.17. The van der Waals surface area contributed by atoms with E-state index in [2.05, 4.69) is 18.8 Å². The molecule has 0 heterocycles. The van der Waals surface area contributed by atoms with Crippen LogP contribution in [0.15, 0.2) is 12.7 Å². The van der Waals surface area contributed by atoms with Gasteiger partial charge in [0.15, 0.2) is 0 Å². The molecule has 0 radical (unpaired) electrons. The van der Waals surface area contributed by atoms with E-state index in [0.717, 1.165) is 6.42 Å². The van der Waals surface area contributed by atoms with E-state index in [4.69, 9.17) is 5.11 Å². The van der Waals surface area contributed by atoms with Crippen LogP contribution in [-0.4, -0.2) is 23.2 Å². The predicted octanol–water partition coefficient (Wildman–Crippen LogP) is 1.79. The number of aliphatic carboxylic acids is 1. The fourth-order valence-electron chi connectivity index (χ4n) is 1.23. The molecule has 3 nitrogen and oxygen atoms in total. The van der Waals surface area contributed by atoms with Crippen LogP contribution in [0.4, 0.5) is 0 Å². The van der Waals surface area contributed by atoms with Gasteiger partial charge < -0.3 is 10.4 Å². The highest BCUT2D eigenvalue weighted by Gasteiger charge is 2.07. The van der Waals surface area contributed by atoms with E-state index in [0.29, 0.717) is 12.5 Å². The first-order valence-electron chi connectivity index (χ1n) is 4.65. The molecule has 2 N–H and O–H groups in total. The van der Waals surface area contributed by atoms with Gasteiger partial charge in [-0.05, 0) is 26.7 Å². The van der Waals surface area contributed by atoms with Crippen LogP contribution in [0.2, 0.25) is 0 Å². The molecule has 0 aromatic rings. The monoisotopic (exact) mass is 185 g/mol. The highest BCUT2D eigenvalue weighted by molar-refractivity contribution is 5.66. The van der Waals surface area contributed by atoms with Gasteiger partial charge in [-0.2, -0.15) is 0 Å². The summed E-state index contributed by atoms with van der Waals surface area (Å²) in [6, 6.07) is 0.632. The van der Waals surface area contributed by atoms with E-state index in [9.17, 15) is 4.79 Å². The molecule has 13 heavy (non-hydrogen) atoms. The van der Waals surface area contributed by atoms with E-state index >= 15 is 0 Å². The van der Waals surface area contributed by atoms with Crippen LogP contribution in [0.5, 0.6) is 0 Å². The summed E-state index contributed by atoms with van der Waals surface area (Å²) in [5.41, 5.74) is 0. The first-order valence-corrected chi connectivity index (χ1v) is 4.65. The molecule has 3 heteroatoms. The Morgan fingerprint density at radius 1 is 1.54 bits per heavy atom. The number of hydrogen-bond acceptors (Lipinski definition) is 2. The van der Waals surface area contributed by atoms with E-state index in [1.54, 1.807) is 0 Å². The molecule has 0 aliphatic carbocycles. The number of carbonyl (C=O) groups is 1. The lowest BCUT2D eigenvalue weighted by atomic mass is 10.1. The molecule has 2 unspecified atom stereocenters. The number of carboxylic acids is 1. The molecule has 0 spiro atoms. The second-order valence-corrected chi connectivity index (χ2v) is 3.43. The molecular formula is C10H19NO2. The molecule has 0 aromatic carbocycles. The fraction of sp³-hybridized carbons (Fsp3) is 0.700. The Kier molecular flexibility index (Phi) is 6.24. The zero-order valence-corrected chi connectivity index (χ0v) is 8.42. The lowest BCUT2D eigenvalue weighted by Crippen LogP contribution is -2.34. The third-order valence-corrected chi connectivity index (χ3v) is 1.88. The molecule has 2 atom stereocenters. The fourth-order valence-corrected chi connectivity index (χ4v) is 1.23. The molecule has 0 aliphatic rings. The molecule has 0 amide bonds. The van der Waals surface area contributed by atoms with Crippen LogP contribution in [0.3, 0.4) is 0 Å². The van der Waals surface area contributed by atoms with Crippen molar-refractivity contribution in [1.82, 2.24) is 5.32 Å². The molecular weight excluding hydrogens is 166 g/mol. The van der Waals surface area contributed by atoms with Crippen LogP contribution >= 0.6 is 0 Å². The SMILES string of the molecule is C=CCC(C)NC(C)CCC(=O)O. The summed E-state index contributed by atoms with van der Waals surface area (Å²) in [5, 5.41) is 11.8. The van der Waals surface area contributed by atoms with Crippen molar-refractivity contribution in [2.45, 2.75) is 45.2 Å². The third-order valence-electron chi connectivity index (χ3n) is 1.88. The zero-order valence-electron chi connectivity index (χ0n) is 8.42. The first kappa shape index (κ1) is 12.2. The van der Waals surface area contributed by atoms with Crippen molar-refractivity contribution in [3.63, 3.8) is 0 Å². The molecule has 0 aromatic heterocycles. The number of rotatable bonds is 7. The highest BCUT2D eigenvalue weighted by atomic mass is 16.4. The van der Waals surface area contributed by atoms with Crippen molar-refractivity contribution in [2.75, 3.05) is 0 Å². The van der Waals surface area contributed by atoms with Crippen LogP contribution in [0.1, 0.15) is 33.1 Å². The summed E-state index contributed by atoms with van der Waals surface area (Å²) >= 11 is 0. The smallest absolute Gasteiger partial charge is 0.303 e. The van der Waals surface area contributed by atoms with Crippen LogP contribution in [-0.2, 0) is 4.79 Å². The average Bonchev–Trinajstić information content (AvgIpc) is 2.01. The quantitative estimate of drug-likeness (QED) is 0.594. The van der Waals surface area contributed by atoms with Gasteiger partial charge in [0.1, 0.15) is 0 Å². The van der Waals surface area contributed by atoms with Gasteiger partial charge in [-0.1, -0.05) is 6.08 Å². The summed E-state index contributed by atoms with van der Waals surface area (Å²) in [4.78, 5) is 10.3. The molecule has 0 saturated heterocycles. The Morgan fingerprint density at radius 2 is 2.15 bits per heavy atom. The Hall–Kier alpha value is -0.830. The Morgan fingerprint density at radius 3 is 2.62 bits per heavy atom. The van der Waals surface area contributed by atoms with E-state index in [1.165, 1.54) is 0 Å². The average molecular weight is 185 g/mol. The molecule has 0 rings (SSSR count). The maximum Gasteiger partial charge on any atom is 0.303 e. The van der Waals surface area contributed by atoms with Crippen molar-refractivity contribution in [3.8, 4) is 0 Å². The van der Waals surface area contributed by atoms with E-state index < -0.39 is 5.97 Å². The minimum Gasteiger partial charge on any atom is -0.481 e. The van der Waals surface area contributed by atoms with Crippen molar-refractivity contribution < 1.29 is 9.90 Å². The number of carboxylic acid groups (broad SMARTS) is 1. The van der Waals surface area contributed by atoms with Gasteiger partial charge in [0.25, 0.3) is 0 Å². The summed E-state index contributed by atoms with van der Waals surface area (Å²) in [6.45, 7) is 7.72. The van der Waals surface area contributed by atoms with Crippen LogP contribution in [0, 0.1) is 0 Å². The third kappa shape index (κ3) is 7.53. The van der Waals surface area contributed by atoms with E-state index in [-0.39, 0.29) is 12.5 Å². The highest BCUT2D eigenvalue weighted by Crippen LogP contribution is 2.00. The maximum atomic E-state index is 10.3. The van der Waals surface area contributed by atoms with Gasteiger partial charge in [-0.15, -0.1) is 6.58 Å². The van der Waals surface area contributed by atoms with Crippen LogP contribution in [0.25, 0.3) is 0 Å². The second kappa shape index (κ2) is 6.66. The van der Waals surface area contributed by atoms with Crippen molar-refractivity contribution >= 4 is 5.97 Å². The van der Waals surface area contributed by atoms with Crippen molar-refractivity contribution in [3.05, 3.63) is 12.7 Å². The Balaban J connectivity index is 3.54. The van der Waals surface area contributed by atoms with Gasteiger partial charge in [-0.25, -0.2) is 0 Å². The molecule has 0 fully saturated rings. The minimum atomic E-state index is -0.731. The second-order valence-electron chi connectivity index (χ2n) is 3.43. The Bertz CT molecular complexity index is 168. The molecule has 0 saturated carbocycles. The summed E-state index contributed by atoms with van der Waals surface area (Å²) < 4.78 is 0. The van der Waals surface area contributed by atoms with Gasteiger partial charge in [0, 0.05) is 18.5 Å². The Labute approximate surface area is 79.8 Å². The van der Waals surface area contributed by atoms with Crippen molar-refractivity contribution in [1.29, 1.82) is 0 Å². The standard InChI is InChI=1S/C10H19NO2/c1-4-5-8(2)11-9(3)6-7-10(12)13/h4,8-9,11H,1,5-7H2,2-3H3,(H,12,13). The van der Waals surface area contributed by atoms with Gasteiger partial charge in [0.2, 0.25) is 0 Å². The van der Waals surface area contributed by atoms with E-state index in [1.807, 2.05) is 13.0 Å². The summed E-state index contributed by atoms with van der Waals surface area (Å²) in [6.07, 6.45) is 3.69. The summed E-state index contributed by atoms with van der Waals surface area (Å²) in [5.74, 6) is -0.731. The first-order chi connectivity index (χ1) is 6.06. The largest absolute Gasteiger partial charge is 0.481 e. The number of nitrogens with one attached hydrogen (secondary N) is 1. The van der Waals surface area contributed by atoms with Gasteiger partial charge in [0.05, 0.1) is 0 Å². The summed E-state index contributed by atoms with van der Waals surface area (Å²) in [7, 11) is 0. The topological polar surface area (TPSA) is 49.3 Å². The minimum absolute atomic E-state index is 0.231. The lowest BCUT2D eigenvalue weighted by molar-refractivity contribution is -0.137. The normalized spacial score (nSPS) is 14.9. The zero-order chi connectivity index (χ0) is 10.3. The maximum absolute atomic E-state index is 10.3. The molecule has 0 bridgehead atoms. The van der Waals surface area contributed by atoms with Crippen LogP contribution < -0.4 is 5.32 Å². The van der Waals surface area contributed by atoms with Crippen molar-refractivity contribution in [2.24, 2.45) is 0 Å². The predicted molar refractivity (Wildman–Crippen MR) is 53.7 cm³/mol. The van der Waals surface area contributed by atoms with Gasteiger partial charge in [-0.3, -0.25) is 4.79 Å². The number of hydrogen-bond donors (Lipinski definition) is 2. The van der Waals surface area contributed by atoms with Gasteiger partial charge >= 0.3 is 5.97 Å². The molecule has 76 valence electrons. The molecule has 0 aliphatic heterocycles.